The second-order valence-corrected chi connectivity index (χ2v) is 6.84. The van der Waals surface area contributed by atoms with Crippen LogP contribution in [-0.2, 0) is 11.2 Å². The van der Waals surface area contributed by atoms with Gasteiger partial charge in [-0.2, -0.15) is 0 Å². The molecule has 5 nitrogen and oxygen atoms in total. The third kappa shape index (κ3) is 3.96. The third-order valence-corrected chi connectivity index (χ3v) is 5.06. The largest absolute Gasteiger partial charge is 0.352 e. The van der Waals surface area contributed by atoms with Gasteiger partial charge in [-0.25, -0.2) is 0 Å². The van der Waals surface area contributed by atoms with Crippen molar-refractivity contribution in [3.63, 3.8) is 0 Å². The van der Waals surface area contributed by atoms with Gasteiger partial charge in [0.05, 0.1) is 6.04 Å². The van der Waals surface area contributed by atoms with Gasteiger partial charge in [0.15, 0.2) is 0 Å². The minimum absolute atomic E-state index is 0.0902. The van der Waals surface area contributed by atoms with Gasteiger partial charge in [0.2, 0.25) is 5.91 Å². The lowest BCUT2D eigenvalue weighted by atomic mass is 10.1. The number of rotatable bonds is 5. The van der Waals surface area contributed by atoms with Crippen LogP contribution in [0.4, 0.5) is 0 Å². The van der Waals surface area contributed by atoms with Crippen LogP contribution in [0.5, 0.6) is 0 Å². The topological polar surface area (TPSA) is 52.7 Å². The lowest BCUT2D eigenvalue weighted by Crippen LogP contribution is -2.55. The molecule has 1 saturated heterocycles. The minimum Gasteiger partial charge on any atom is -0.352 e. The predicted molar refractivity (Wildman–Crippen MR) is 93.9 cm³/mol. The lowest BCUT2D eigenvalue weighted by Gasteiger charge is -2.37. The molecule has 1 aromatic carbocycles. The van der Waals surface area contributed by atoms with E-state index in [0.29, 0.717) is 19.1 Å². The maximum atomic E-state index is 12.6. The van der Waals surface area contributed by atoms with Crippen LogP contribution >= 0.6 is 0 Å². The highest BCUT2D eigenvalue weighted by atomic mass is 16.2. The Morgan fingerprint density at radius 1 is 1.12 bits per heavy atom. The zero-order valence-corrected chi connectivity index (χ0v) is 14.6. The van der Waals surface area contributed by atoms with Crippen LogP contribution in [0.1, 0.15) is 42.6 Å². The van der Waals surface area contributed by atoms with E-state index in [1.54, 1.807) is 0 Å². The molecule has 1 unspecified atom stereocenters. The first kappa shape index (κ1) is 17.0. The van der Waals surface area contributed by atoms with Crippen molar-refractivity contribution in [3.8, 4) is 0 Å². The highest BCUT2D eigenvalue weighted by Gasteiger charge is 2.31. The number of nitrogens with zero attached hydrogens (tertiary/aromatic N) is 2. The van der Waals surface area contributed by atoms with Crippen molar-refractivity contribution >= 4 is 11.8 Å². The molecular formula is C19H27N3O2. The van der Waals surface area contributed by atoms with Gasteiger partial charge in [-0.1, -0.05) is 19.1 Å². The Bertz CT molecular complexity index is 587. The molecule has 2 fully saturated rings. The van der Waals surface area contributed by atoms with Crippen LogP contribution in [0, 0.1) is 0 Å². The summed E-state index contributed by atoms with van der Waals surface area (Å²) in [4.78, 5) is 28.8. The van der Waals surface area contributed by atoms with Gasteiger partial charge in [0.1, 0.15) is 0 Å². The smallest absolute Gasteiger partial charge is 0.253 e. The standard InChI is InChI=1S/C19H27N3O2/c1-3-15-4-6-16(7-5-15)19(24)22-12-10-21(11-13-22)14(2)18(23)20-17-8-9-17/h4-7,14,17H,3,8-13H2,1-2H3,(H,20,23). The van der Waals surface area contributed by atoms with E-state index in [2.05, 4.69) is 17.1 Å². The maximum absolute atomic E-state index is 12.6. The molecule has 0 bridgehead atoms. The van der Waals surface area contributed by atoms with E-state index in [4.69, 9.17) is 0 Å². The van der Waals surface area contributed by atoms with Crippen LogP contribution < -0.4 is 5.32 Å². The molecule has 1 N–H and O–H groups in total. The van der Waals surface area contributed by atoms with E-state index in [1.807, 2.05) is 36.1 Å². The van der Waals surface area contributed by atoms with Gasteiger partial charge in [0, 0.05) is 37.8 Å². The maximum Gasteiger partial charge on any atom is 0.253 e. The van der Waals surface area contributed by atoms with Gasteiger partial charge >= 0.3 is 0 Å². The van der Waals surface area contributed by atoms with Crippen LogP contribution in [0.15, 0.2) is 24.3 Å². The second kappa shape index (κ2) is 7.34. The molecule has 0 aromatic heterocycles. The van der Waals surface area contributed by atoms with E-state index in [9.17, 15) is 9.59 Å². The quantitative estimate of drug-likeness (QED) is 0.894. The van der Waals surface area contributed by atoms with Crippen molar-refractivity contribution in [2.75, 3.05) is 26.2 Å². The van der Waals surface area contributed by atoms with E-state index < -0.39 is 0 Å². The molecule has 1 atom stereocenters. The average Bonchev–Trinajstić information content (AvgIpc) is 3.44. The Labute approximate surface area is 144 Å². The molecule has 0 radical (unpaired) electrons. The zero-order chi connectivity index (χ0) is 17.1. The molecule has 1 aliphatic carbocycles. The summed E-state index contributed by atoms with van der Waals surface area (Å²) < 4.78 is 0. The van der Waals surface area contributed by atoms with Crippen LogP contribution in [0.25, 0.3) is 0 Å². The highest BCUT2D eigenvalue weighted by Crippen LogP contribution is 2.19. The molecule has 1 aliphatic heterocycles. The van der Waals surface area contributed by atoms with E-state index in [-0.39, 0.29) is 17.9 Å². The summed E-state index contributed by atoms with van der Waals surface area (Å²) in [6.45, 7) is 6.91. The van der Waals surface area contributed by atoms with Gasteiger partial charge in [-0.3, -0.25) is 14.5 Å². The second-order valence-electron chi connectivity index (χ2n) is 6.84. The minimum atomic E-state index is -0.119. The Balaban J connectivity index is 1.51. The lowest BCUT2D eigenvalue weighted by molar-refractivity contribution is -0.126. The van der Waals surface area contributed by atoms with Crippen LogP contribution in [0.2, 0.25) is 0 Å². The fourth-order valence-corrected chi connectivity index (χ4v) is 3.09. The number of amides is 2. The average molecular weight is 329 g/mol. The zero-order valence-electron chi connectivity index (χ0n) is 14.6. The van der Waals surface area contributed by atoms with E-state index in [1.165, 1.54) is 5.56 Å². The molecule has 2 aliphatic rings. The summed E-state index contributed by atoms with van der Waals surface area (Å²) in [6, 6.07) is 8.15. The van der Waals surface area contributed by atoms with Crippen LogP contribution in [0.3, 0.4) is 0 Å². The van der Waals surface area contributed by atoms with Crippen molar-refractivity contribution in [2.24, 2.45) is 0 Å². The monoisotopic (exact) mass is 329 g/mol. The summed E-state index contributed by atoms with van der Waals surface area (Å²) in [7, 11) is 0. The predicted octanol–water partition coefficient (Wildman–Crippen LogP) is 1.67. The summed E-state index contributed by atoms with van der Waals surface area (Å²) in [5, 5.41) is 3.06. The van der Waals surface area contributed by atoms with Gasteiger partial charge in [0.25, 0.3) is 5.91 Å². The summed E-state index contributed by atoms with van der Waals surface area (Å²) >= 11 is 0. The van der Waals surface area contributed by atoms with Crippen molar-refractivity contribution in [3.05, 3.63) is 35.4 Å². The number of piperazine rings is 1. The van der Waals surface area contributed by atoms with Crippen molar-refractivity contribution in [1.29, 1.82) is 0 Å². The Morgan fingerprint density at radius 2 is 1.75 bits per heavy atom. The fraction of sp³-hybridized carbons (Fsp3) is 0.579. The molecular weight excluding hydrogens is 302 g/mol. The number of carbonyl (C=O) groups is 2. The molecule has 2 amide bonds. The Hall–Kier alpha value is -1.88. The molecule has 130 valence electrons. The molecule has 1 saturated carbocycles. The van der Waals surface area contributed by atoms with E-state index in [0.717, 1.165) is 37.9 Å². The molecule has 3 rings (SSSR count). The normalized spacial score (nSPS) is 19.8. The number of benzene rings is 1. The van der Waals surface area contributed by atoms with Crippen LogP contribution in [-0.4, -0.2) is 59.9 Å². The van der Waals surface area contributed by atoms with Crippen molar-refractivity contribution < 1.29 is 9.59 Å². The number of hydrogen-bond donors (Lipinski definition) is 1. The summed E-state index contributed by atoms with van der Waals surface area (Å²) in [6.07, 6.45) is 3.20. The number of carbonyl (C=O) groups excluding carboxylic acids is 2. The summed E-state index contributed by atoms with van der Waals surface area (Å²) in [5.41, 5.74) is 1.99. The van der Waals surface area contributed by atoms with Gasteiger partial charge in [-0.05, 0) is 43.9 Å². The number of aryl methyl sites for hydroxylation is 1. The molecule has 1 aromatic rings. The molecule has 24 heavy (non-hydrogen) atoms. The van der Waals surface area contributed by atoms with Gasteiger partial charge < -0.3 is 10.2 Å². The Kier molecular flexibility index (Phi) is 5.19. The SMILES string of the molecule is CCc1ccc(C(=O)N2CCN(C(C)C(=O)NC3CC3)CC2)cc1. The van der Waals surface area contributed by atoms with Crippen molar-refractivity contribution in [1.82, 2.24) is 15.1 Å². The van der Waals surface area contributed by atoms with Gasteiger partial charge in [-0.15, -0.1) is 0 Å². The fourth-order valence-electron chi connectivity index (χ4n) is 3.09. The summed E-state index contributed by atoms with van der Waals surface area (Å²) in [5.74, 6) is 0.208. The van der Waals surface area contributed by atoms with Crippen molar-refractivity contribution in [2.45, 2.75) is 45.2 Å². The number of hydrogen-bond acceptors (Lipinski definition) is 3. The third-order valence-electron chi connectivity index (χ3n) is 5.06. The molecule has 0 spiro atoms. The first-order valence-electron chi connectivity index (χ1n) is 9.01. The molecule has 5 heteroatoms. The van der Waals surface area contributed by atoms with E-state index >= 15 is 0 Å². The first-order chi connectivity index (χ1) is 11.6. The Morgan fingerprint density at radius 3 is 2.29 bits per heavy atom. The molecule has 1 heterocycles. The highest BCUT2D eigenvalue weighted by molar-refractivity contribution is 5.94. The first-order valence-corrected chi connectivity index (χ1v) is 9.01. The number of nitrogens with one attached hydrogen (secondary N) is 1.